The van der Waals surface area contributed by atoms with Crippen molar-refractivity contribution in [2.75, 3.05) is 13.7 Å². The fraction of sp³-hybridized carbons (Fsp3) is 0.440. The van der Waals surface area contributed by atoms with Crippen LogP contribution in [0, 0.1) is 5.41 Å². The number of carboxylic acid groups (broad SMARTS) is 1. The fourth-order valence-corrected chi connectivity index (χ4v) is 5.21. The first-order valence-corrected chi connectivity index (χ1v) is 13.1. The highest BCUT2D eigenvalue weighted by Gasteiger charge is 2.44. The molecule has 0 saturated carbocycles. The van der Waals surface area contributed by atoms with Crippen LogP contribution in [0.1, 0.15) is 38.7 Å². The highest BCUT2D eigenvalue weighted by molar-refractivity contribution is 7.89. The molecule has 2 unspecified atom stereocenters. The molecule has 37 heavy (non-hydrogen) atoms. The zero-order valence-corrected chi connectivity index (χ0v) is 22.0. The first-order chi connectivity index (χ1) is 17.3. The van der Waals surface area contributed by atoms with Crippen molar-refractivity contribution in [3.63, 3.8) is 0 Å². The standard InChI is InChI=1S/C25H35N3O8S/c1-24(2,15-16-36-22(26)30)14-13-21(29)25(27-23(31)32,17-18-7-5-4-6-8-18)28-37(33,34)20-11-9-19(35-3)10-12-20/h4-12,21,27-29H,13-17H2,1-3H3,(H2,26,30)(H,31,32). The van der Waals surface area contributed by atoms with Gasteiger partial charge in [0, 0.05) is 6.42 Å². The van der Waals surface area contributed by atoms with Crippen molar-refractivity contribution in [3.05, 3.63) is 60.2 Å². The lowest BCUT2D eigenvalue weighted by Gasteiger charge is -2.39. The van der Waals surface area contributed by atoms with Gasteiger partial charge in [0.15, 0.2) is 0 Å². The molecule has 2 atom stereocenters. The van der Waals surface area contributed by atoms with Crippen molar-refractivity contribution in [3.8, 4) is 5.75 Å². The molecule has 204 valence electrons. The Morgan fingerprint density at radius 2 is 1.68 bits per heavy atom. The smallest absolute Gasteiger partial charge is 0.406 e. The lowest BCUT2D eigenvalue weighted by Crippen LogP contribution is -2.68. The van der Waals surface area contributed by atoms with Gasteiger partial charge in [-0.3, -0.25) is 5.32 Å². The summed E-state index contributed by atoms with van der Waals surface area (Å²) in [5.74, 6) is 0.445. The molecule has 2 aromatic carbocycles. The average Bonchev–Trinajstić information content (AvgIpc) is 2.82. The van der Waals surface area contributed by atoms with Crippen LogP contribution in [0.2, 0.25) is 0 Å². The number of rotatable bonds is 14. The van der Waals surface area contributed by atoms with Crippen molar-refractivity contribution in [2.24, 2.45) is 11.1 Å². The number of aliphatic hydroxyl groups is 1. The second-order valence-corrected chi connectivity index (χ2v) is 11.2. The number of carbonyl (C=O) groups is 2. The van der Waals surface area contributed by atoms with Crippen LogP contribution in [0.15, 0.2) is 59.5 Å². The molecule has 2 rings (SSSR count). The van der Waals surface area contributed by atoms with Crippen LogP contribution >= 0.6 is 0 Å². The summed E-state index contributed by atoms with van der Waals surface area (Å²) in [5, 5.41) is 23.3. The summed E-state index contributed by atoms with van der Waals surface area (Å²) in [6.07, 6.45) is -3.22. The van der Waals surface area contributed by atoms with Crippen molar-refractivity contribution < 1.29 is 37.7 Å². The molecule has 0 aliphatic heterocycles. The van der Waals surface area contributed by atoms with Gasteiger partial charge in [0.2, 0.25) is 10.0 Å². The van der Waals surface area contributed by atoms with Gasteiger partial charge >= 0.3 is 12.2 Å². The number of amides is 2. The molecule has 6 N–H and O–H groups in total. The van der Waals surface area contributed by atoms with Gasteiger partial charge in [-0.2, -0.15) is 4.72 Å². The van der Waals surface area contributed by atoms with Crippen LogP contribution in [-0.4, -0.2) is 56.3 Å². The van der Waals surface area contributed by atoms with Crippen LogP contribution in [-0.2, 0) is 21.2 Å². The number of hydrogen-bond acceptors (Lipinski definition) is 7. The molecule has 0 fully saturated rings. The third kappa shape index (κ3) is 9.23. The second kappa shape index (κ2) is 12.7. The van der Waals surface area contributed by atoms with Crippen molar-refractivity contribution in [2.45, 2.75) is 56.2 Å². The zero-order chi connectivity index (χ0) is 27.7. The summed E-state index contributed by atoms with van der Waals surface area (Å²) in [4.78, 5) is 22.6. The van der Waals surface area contributed by atoms with Crippen LogP contribution in [0.5, 0.6) is 5.75 Å². The third-order valence-electron chi connectivity index (χ3n) is 6.03. The molecular weight excluding hydrogens is 502 g/mol. The Kier molecular flexibility index (Phi) is 10.3. The summed E-state index contributed by atoms with van der Waals surface area (Å²) in [6.45, 7) is 3.84. The summed E-state index contributed by atoms with van der Waals surface area (Å²) in [6, 6.07) is 14.2. The van der Waals surface area contributed by atoms with Gasteiger partial charge in [0.25, 0.3) is 0 Å². The number of aliphatic hydroxyl groups excluding tert-OH is 1. The number of ether oxygens (including phenoxy) is 2. The van der Waals surface area contributed by atoms with Gasteiger partial charge < -0.3 is 25.4 Å². The fourth-order valence-electron chi connectivity index (χ4n) is 3.86. The number of benzene rings is 2. The number of nitrogens with one attached hydrogen (secondary N) is 2. The van der Waals surface area contributed by atoms with Gasteiger partial charge in [-0.1, -0.05) is 44.2 Å². The largest absolute Gasteiger partial charge is 0.497 e. The first-order valence-electron chi connectivity index (χ1n) is 11.6. The van der Waals surface area contributed by atoms with Crippen LogP contribution < -0.4 is 20.5 Å². The first kappa shape index (κ1) is 29.9. The molecule has 0 spiro atoms. The number of nitrogens with two attached hydrogens (primary N) is 1. The molecule has 0 heterocycles. The van der Waals surface area contributed by atoms with Crippen LogP contribution in [0.3, 0.4) is 0 Å². The maximum atomic E-state index is 13.4. The van der Waals surface area contributed by atoms with Gasteiger partial charge in [-0.15, -0.1) is 0 Å². The summed E-state index contributed by atoms with van der Waals surface area (Å²) < 4.78 is 39.1. The molecule has 2 aromatic rings. The minimum absolute atomic E-state index is 0.0296. The molecule has 0 aliphatic carbocycles. The van der Waals surface area contributed by atoms with E-state index in [1.807, 2.05) is 13.8 Å². The zero-order valence-electron chi connectivity index (χ0n) is 21.1. The second-order valence-electron chi connectivity index (χ2n) is 9.48. The van der Waals surface area contributed by atoms with Crippen molar-refractivity contribution in [1.29, 1.82) is 0 Å². The number of sulfonamides is 1. The highest BCUT2D eigenvalue weighted by Crippen LogP contribution is 2.31. The normalized spacial score (nSPS) is 14.3. The average molecular weight is 538 g/mol. The van der Waals surface area contributed by atoms with Crippen LogP contribution in [0.4, 0.5) is 9.59 Å². The Bertz CT molecular complexity index is 1140. The quantitative estimate of drug-likeness (QED) is 0.228. The van der Waals surface area contributed by atoms with Crippen LogP contribution in [0.25, 0.3) is 0 Å². The predicted molar refractivity (Wildman–Crippen MR) is 137 cm³/mol. The molecule has 0 aliphatic rings. The van der Waals surface area contributed by atoms with Gasteiger partial charge in [0.05, 0.1) is 24.7 Å². The van der Waals surface area contributed by atoms with Gasteiger partial charge in [-0.25, -0.2) is 18.0 Å². The molecule has 2 amide bonds. The van der Waals surface area contributed by atoms with E-state index in [1.165, 1.54) is 31.4 Å². The molecule has 0 radical (unpaired) electrons. The Morgan fingerprint density at radius 1 is 1.05 bits per heavy atom. The number of carbonyl (C=O) groups excluding carboxylic acids is 1. The Labute approximate surface area is 217 Å². The number of primary amides is 1. The maximum absolute atomic E-state index is 13.4. The Morgan fingerprint density at radius 3 is 2.22 bits per heavy atom. The van der Waals surface area contributed by atoms with E-state index in [0.29, 0.717) is 24.2 Å². The highest BCUT2D eigenvalue weighted by atomic mass is 32.2. The van der Waals surface area contributed by atoms with Gasteiger partial charge in [0.1, 0.15) is 11.4 Å². The minimum Gasteiger partial charge on any atom is -0.497 e. The maximum Gasteiger partial charge on any atom is 0.406 e. The molecule has 0 saturated heterocycles. The third-order valence-corrected chi connectivity index (χ3v) is 7.55. The van der Waals surface area contributed by atoms with Crippen molar-refractivity contribution >= 4 is 22.2 Å². The molecule has 0 bridgehead atoms. The molecular formula is C25H35N3O8S. The molecule has 12 heteroatoms. The molecule has 11 nitrogen and oxygen atoms in total. The lowest BCUT2D eigenvalue weighted by atomic mass is 9.81. The number of methoxy groups -OCH3 is 1. The predicted octanol–water partition coefficient (Wildman–Crippen LogP) is 2.83. The van der Waals surface area contributed by atoms with E-state index >= 15 is 0 Å². The Hall–Kier alpha value is -3.35. The van der Waals surface area contributed by atoms with E-state index in [4.69, 9.17) is 15.2 Å². The van der Waals surface area contributed by atoms with E-state index in [1.54, 1.807) is 30.3 Å². The van der Waals surface area contributed by atoms with E-state index in [2.05, 4.69) is 10.0 Å². The van der Waals surface area contributed by atoms with Gasteiger partial charge in [-0.05, 0) is 54.5 Å². The lowest BCUT2D eigenvalue weighted by molar-refractivity contribution is 0.0326. The SMILES string of the molecule is COc1ccc(S(=O)(=O)NC(Cc2ccccc2)(NC(=O)O)C(O)CCC(C)(C)CCOC(N)=O)cc1. The van der Waals surface area contributed by atoms with E-state index < -0.39 is 39.4 Å². The summed E-state index contributed by atoms with van der Waals surface area (Å²) >= 11 is 0. The summed E-state index contributed by atoms with van der Waals surface area (Å²) in [7, 11) is -2.85. The minimum atomic E-state index is -4.29. The summed E-state index contributed by atoms with van der Waals surface area (Å²) in [5.41, 5.74) is 3.17. The van der Waals surface area contributed by atoms with Crippen molar-refractivity contribution in [1.82, 2.24) is 10.0 Å². The number of hydrogen-bond donors (Lipinski definition) is 5. The Balaban J connectivity index is 2.40. The van der Waals surface area contributed by atoms with E-state index in [-0.39, 0.29) is 24.3 Å². The monoisotopic (exact) mass is 537 g/mol. The van der Waals surface area contributed by atoms with E-state index in [9.17, 15) is 28.2 Å². The van der Waals surface area contributed by atoms with E-state index in [0.717, 1.165) is 0 Å². The molecule has 0 aromatic heterocycles. The topological polar surface area (TPSA) is 177 Å².